The average Bonchev–Trinajstić information content (AvgIpc) is 1.90. The molecule has 1 aliphatic heterocycles. The molecule has 0 aromatic rings. The molecule has 0 atom stereocenters. The van der Waals surface area contributed by atoms with Crippen molar-refractivity contribution in [1.82, 2.24) is 12.8 Å². The van der Waals surface area contributed by atoms with Gasteiger partial charge in [0.25, 0.3) is 0 Å². The Hall–Kier alpha value is 1.76. The predicted octanol–water partition coefficient (Wildman–Crippen LogP) is 4.84. The smallest absolute Gasteiger partial charge is 0.294 e. The van der Waals surface area contributed by atoms with E-state index in [9.17, 15) is 0 Å². The third-order valence-electron chi connectivity index (χ3n) is 2.59. The van der Waals surface area contributed by atoms with Gasteiger partial charge in [0.15, 0.2) is 0 Å². The van der Waals surface area contributed by atoms with Crippen molar-refractivity contribution in [2.75, 3.05) is 0 Å². The molecule has 0 bridgehead atoms. The highest BCUT2D eigenvalue weighted by Crippen LogP contribution is 2.65. The number of rotatable bonds is 4. The summed E-state index contributed by atoms with van der Waals surface area (Å²) in [6, 6.07) is 0. The third-order valence-corrected chi connectivity index (χ3v) is 29.1. The summed E-state index contributed by atoms with van der Waals surface area (Å²) in [6.07, 6.45) is 0. The lowest BCUT2D eigenvalue weighted by molar-refractivity contribution is 0.744. The highest BCUT2D eigenvalue weighted by Gasteiger charge is 2.67. The SMILES string of the molecule is C[Si](C)(C)NP1N([Si](C)(C)C)[Si](Cl)(Cl)N1[Si](C)(C)C. The Morgan fingerprint density at radius 2 is 1.11 bits per heavy atom. The highest BCUT2D eigenvalue weighted by atomic mass is 35.7. The van der Waals surface area contributed by atoms with Crippen molar-refractivity contribution < 1.29 is 0 Å². The van der Waals surface area contributed by atoms with E-state index in [1.807, 2.05) is 0 Å². The quantitative estimate of drug-likeness (QED) is 0.420. The topological polar surface area (TPSA) is 18.5 Å². The molecule has 1 rings (SSSR count). The van der Waals surface area contributed by atoms with Gasteiger partial charge in [0.1, 0.15) is 24.7 Å². The molecular weight excluding hydrogens is 364 g/mol. The summed E-state index contributed by atoms with van der Waals surface area (Å²) in [5.41, 5.74) is 0. The first-order chi connectivity index (χ1) is 8.08. The second-order valence-electron chi connectivity index (χ2n) is 8.13. The van der Waals surface area contributed by atoms with Gasteiger partial charge in [-0.05, 0) is 0 Å². The molecule has 1 fully saturated rings. The Kier molecular flexibility index (Phi) is 5.38. The summed E-state index contributed by atoms with van der Waals surface area (Å²) in [5.74, 6) is 0. The maximum Gasteiger partial charge on any atom is 0.406 e. The van der Waals surface area contributed by atoms with Crippen LogP contribution in [0.25, 0.3) is 0 Å². The molecule has 10 heteroatoms. The minimum atomic E-state index is -2.42. The van der Waals surface area contributed by atoms with Crippen LogP contribution in [0.5, 0.6) is 0 Å². The van der Waals surface area contributed by atoms with Gasteiger partial charge in [-0.3, -0.25) is 12.8 Å². The van der Waals surface area contributed by atoms with Crippen LogP contribution in [0.4, 0.5) is 0 Å². The molecule has 19 heavy (non-hydrogen) atoms. The van der Waals surface area contributed by atoms with E-state index in [1.54, 1.807) is 0 Å². The molecule has 3 nitrogen and oxygen atoms in total. The molecule has 1 heterocycles. The number of halogens is 2. The number of nitrogens with one attached hydrogen (secondary N) is 1. The monoisotopic (exact) mass is 391 g/mol. The minimum absolute atomic E-state index is 0.477. The van der Waals surface area contributed by atoms with E-state index in [2.05, 4.69) is 71.7 Å². The predicted molar refractivity (Wildman–Crippen MR) is 101 cm³/mol. The maximum absolute atomic E-state index is 6.85. The second-order valence-corrected chi connectivity index (χ2v) is 32.5. The van der Waals surface area contributed by atoms with Crippen LogP contribution >= 0.6 is 30.5 Å². The molecule has 0 aromatic heterocycles. The van der Waals surface area contributed by atoms with Gasteiger partial charge < -0.3 is 0 Å². The van der Waals surface area contributed by atoms with Gasteiger partial charge in [0.2, 0.25) is 0 Å². The van der Waals surface area contributed by atoms with Crippen LogP contribution in [0.2, 0.25) is 58.9 Å². The van der Waals surface area contributed by atoms with Crippen molar-refractivity contribution in [3.05, 3.63) is 0 Å². The van der Waals surface area contributed by atoms with Crippen LogP contribution in [0, 0.1) is 0 Å². The van der Waals surface area contributed by atoms with Gasteiger partial charge in [-0.2, -0.15) is 0 Å². The summed E-state index contributed by atoms with van der Waals surface area (Å²) < 4.78 is 8.96. The molecule has 0 amide bonds. The normalized spacial score (nSPS) is 23.5. The van der Waals surface area contributed by atoms with Crippen LogP contribution in [0.1, 0.15) is 0 Å². The summed E-state index contributed by atoms with van der Waals surface area (Å²) in [4.78, 5) is 0. The molecule has 1 N–H and O–H groups in total. The average molecular weight is 393 g/mol. The number of hydrogen-bond acceptors (Lipinski definition) is 3. The molecule has 0 unspecified atom stereocenters. The zero-order chi connectivity index (χ0) is 15.4. The Morgan fingerprint density at radius 1 is 0.789 bits per heavy atom. The van der Waals surface area contributed by atoms with Crippen LogP contribution in [0.15, 0.2) is 0 Å². The summed E-state index contributed by atoms with van der Waals surface area (Å²) in [5, 5.41) is 0. The zero-order valence-corrected chi connectivity index (χ0v) is 20.0. The van der Waals surface area contributed by atoms with Crippen molar-refractivity contribution in [2.45, 2.75) is 58.9 Å². The molecule has 0 spiro atoms. The second kappa shape index (κ2) is 5.44. The van der Waals surface area contributed by atoms with Crippen LogP contribution in [-0.4, -0.2) is 39.7 Å². The minimum Gasteiger partial charge on any atom is -0.294 e. The summed E-state index contributed by atoms with van der Waals surface area (Å²) in [6.45, 7) is 21.2. The fraction of sp³-hybridized carbons (Fsp3) is 1.00. The van der Waals surface area contributed by atoms with E-state index in [4.69, 9.17) is 22.2 Å². The fourth-order valence-corrected chi connectivity index (χ4v) is 35.3. The Labute approximate surface area is 133 Å². The van der Waals surface area contributed by atoms with Gasteiger partial charge in [-0.15, -0.1) is 22.2 Å². The standard InChI is InChI=1S/C9H28Cl2N3PSi4/c1-16(2,3)12-15-13(17(4,5)6)19(10,11)14(15)18(7,8)9/h12H,1-9H3. The molecular formula is C9H28Cl2N3PSi4. The van der Waals surface area contributed by atoms with Gasteiger partial charge in [0.05, 0.1) is 8.37 Å². The molecule has 114 valence electrons. The van der Waals surface area contributed by atoms with Crippen LogP contribution in [0.3, 0.4) is 0 Å². The van der Waals surface area contributed by atoms with E-state index >= 15 is 0 Å². The van der Waals surface area contributed by atoms with Gasteiger partial charge >= 0.3 is 7.02 Å². The van der Waals surface area contributed by atoms with Crippen molar-refractivity contribution in [3.8, 4) is 0 Å². The first-order valence-corrected chi connectivity index (χ1v) is 22.2. The number of hydrogen-bond donors (Lipinski definition) is 1. The van der Waals surface area contributed by atoms with Gasteiger partial charge in [-0.25, -0.2) is 0 Å². The molecule has 0 saturated carbocycles. The van der Waals surface area contributed by atoms with Crippen LogP contribution in [-0.2, 0) is 0 Å². The molecule has 0 aliphatic carbocycles. The largest absolute Gasteiger partial charge is 0.406 e. The highest BCUT2D eigenvalue weighted by molar-refractivity contribution is 7.77. The van der Waals surface area contributed by atoms with E-state index in [1.165, 1.54) is 0 Å². The lowest BCUT2D eigenvalue weighted by atomic mass is 11.8. The molecule has 1 aliphatic rings. The summed E-state index contributed by atoms with van der Waals surface area (Å²) >= 11 is 13.7. The third kappa shape index (κ3) is 4.15. The Balaban J connectivity index is 3.12. The molecule has 1 saturated heterocycles. The Morgan fingerprint density at radius 3 is 1.32 bits per heavy atom. The van der Waals surface area contributed by atoms with Crippen molar-refractivity contribution in [1.29, 1.82) is 0 Å². The lowest BCUT2D eigenvalue weighted by Gasteiger charge is -2.66. The van der Waals surface area contributed by atoms with Crippen molar-refractivity contribution in [3.63, 3.8) is 0 Å². The Bertz CT molecular complexity index is 327. The van der Waals surface area contributed by atoms with E-state index in [-0.39, 0.29) is 0 Å². The van der Waals surface area contributed by atoms with Gasteiger partial charge in [0, 0.05) is 0 Å². The molecule has 0 aromatic carbocycles. The first kappa shape index (κ1) is 18.8. The van der Waals surface area contributed by atoms with Crippen LogP contribution < -0.4 is 4.75 Å². The van der Waals surface area contributed by atoms with E-state index in [0.29, 0.717) is 0 Å². The van der Waals surface area contributed by atoms with Gasteiger partial charge in [-0.1, -0.05) is 58.9 Å². The van der Waals surface area contributed by atoms with E-state index in [0.717, 1.165) is 0 Å². The number of nitrogens with zero attached hydrogens (tertiary/aromatic N) is 2. The lowest BCUT2D eigenvalue weighted by Crippen LogP contribution is -2.79. The zero-order valence-electron chi connectivity index (χ0n) is 13.6. The van der Waals surface area contributed by atoms with Crippen molar-refractivity contribution in [2.24, 2.45) is 0 Å². The van der Waals surface area contributed by atoms with Crippen molar-refractivity contribution >= 4 is 62.3 Å². The summed E-state index contributed by atoms with van der Waals surface area (Å²) in [7, 11) is -7.23. The fourth-order valence-electron chi connectivity index (χ4n) is 2.14. The first-order valence-electron chi connectivity index (χ1n) is 6.65. The molecule has 0 radical (unpaired) electrons. The van der Waals surface area contributed by atoms with E-state index < -0.39 is 40.1 Å². The maximum atomic E-state index is 6.85.